The number of nitrogens with one attached hydrogen (secondary N) is 1. The third kappa shape index (κ3) is 2.96. The van der Waals surface area contributed by atoms with Crippen molar-refractivity contribution in [2.75, 3.05) is 0 Å². The highest BCUT2D eigenvalue weighted by Gasteiger charge is 2.16. The molecular weight excluding hydrogens is 267 g/mol. The van der Waals surface area contributed by atoms with Gasteiger partial charge in [-0.3, -0.25) is 0 Å². The summed E-state index contributed by atoms with van der Waals surface area (Å²) in [7, 11) is 0. The van der Waals surface area contributed by atoms with Crippen LogP contribution in [0.2, 0.25) is 5.02 Å². The molecule has 1 aromatic heterocycles. The molecule has 5 heteroatoms. The van der Waals surface area contributed by atoms with Gasteiger partial charge in [0.15, 0.2) is 0 Å². The first-order valence-corrected chi connectivity index (χ1v) is 6.47. The monoisotopic (exact) mass is 282 g/mol. The van der Waals surface area contributed by atoms with Gasteiger partial charge in [0.2, 0.25) is 0 Å². The first kappa shape index (κ1) is 14.0. The Hall–Kier alpha value is -1.39. The molecule has 1 heterocycles. The van der Waals surface area contributed by atoms with Gasteiger partial charge in [-0.25, -0.2) is 4.39 Å². The fourth-order valence-corrected chi connectivity index (χ4v) is 2.35. The van der Waals surface area contributed by atoms with E-state index in [2.05, 4.69) is 10.5 Å². The van der Waals surface area contributed by atoms with Gasteiger partial charge in [0, 0.05) is 23.7 Å². The van der Waals surface area contributed by atoms with E-state index in [-0.39, 0.29) is 16.9 Å². The SMILES string of the molecule is Cc1noc(C)c1C(C)NCc1cccc(Cl)c1F. The molecule has 0 saturated carbocycles. The number of aryl methyl sites for hydroxylation is 2. The fourth-order valence-electron chi connectivity index (χ4n) is 2.16. The molecule has 0 aliphatic heterocycles. The number of halogens is 2. The molecule has 0 radical (unpaired) electrons. The molecule has 0 amide bonds. The maximum atomic E-state index is 13.8. The minimum atomic E-state index is -0.373. The normalized spacial score (nSPS) is 12.7. The predicted molar refractivity (Wildman–Crippen MR) is 72.6 cm³/mol. The highest BCUT2D eigenvalue weighted by atomic mass is 35.5. The Labute approximate surface area is 116 Å². The number of hydrogen-bond acceptors (Lipinski definition) is 3. The summed E-state index contributed by atoms with van der Waals surface area (Å²) in [5.74, 6) is 0.409. The number of benzene rings is 1. The van der Waals surface area contributed by atoms with Crippen LogP contribution < -0.4 is 5.32 Å². The van der Waals surface area contributed by atoms with Crippen molar-refractivity contribution < 1.29 is 8.91 Å². The zero-order valence-corrected chi connectivity index (χ0v) is 11.9. The summed E-state index contributed by atoms with van der Waals surface area (Å²) in [6.45, 7) is 6.16. The summed E-state index contributed by atoms with van der Waals surface area (Å²) >= 11 is 5.75. The topological polar surface area (TPSA) is 38.1 Å². The first-order chi connectivity index (χ1) is 9.00. The molecule has 3 nitrogen and oxygen atoms in total. The molecule has 19 heavy (non-hydrogen) atoms. The molecule has 0 fully saturated rings. The Morgan fingerprint density at radius 3 is 2.79 bits per heavy atom. The third-order valence-electron chi connectivity index (χ3n) is 3.15. The van der Waals surface area contributed by atoms with Crippen molar-refractivity contribution in [3.8, 4) is 0 Å². The minimum Gasteiger partial charge on any atom is -0.361 e. The Morgan fingerprint density at radius 2 is 2.16 bits per heavy atom. The van der Waals surface area contributed by atoms with Crippen LogP contribution >= 0.6 is 11.6 Å². The number of rotatable bonds is 4. The van der Waals surface area contributed by atoms with E-state index in [4.69, 9.17) is 16.1 Å². The molecule has 2 rings (SSSR count). The average molecular weight is 283 g/mol. The molecule has 0 aliphatic rings. The molecule has 1 N–H and O–H groups in total. The second-order valence-corrected chi connectivity index (χ2v) is 4.96. The van der Waals surface area contributed by atoms with Gasteiger partial charge in [-0.1, -0.05) is 28.9 Å². The van der Waals surface area contributed by atoms with E-state index in [0.29, 0.717) is 12.1 Å². The van der Waals surface area contributed by atoms with Gasteiger partial charge in [0.05, 0.1) is 10.7 Å². The molecule has 1 atom stereocenters. The fraction of sp³-hybridized carbons (Fsp3) is 0.357. The van der Waals surface area contributed by atoms with E-state index >= 15 is 0 Å². The largest absolute Gasteiger partial charge is 0.361 e. The highest BCUT2D eigenvalue weighted by molar-refractivity contribution is 6.30. The first-order valence-electron chi connectivity index (χ1n) is 6.09. The van der Waals surface area contributed by atoms with Crippen LogP contribution in [0.1, 0.15) is 35.5 Å². The van der Waals surface area contributed by atoms with Crippen molar-refractivity contribution in [1.29, 1.82) is 0 Å². The molecule has 1 aromatic carbocycles. The Bertz CT molecular complexity index is 563. The van der Waals surface area contributed by atoms with Crippen molar-refractivity contribution in [3.05, 3.63) is 51.6 Å². The molecule has 0 aliphatic carbocycles. The van der Waals surface area contributed by atoms with Crippen LogP contribution in [0.15, 0.2) is 22.7 Å². The van der Waals surface area contributed by atoms with Crippen molar-refractivity contribution >= 4 is 11.6 Å². The second kappa shape index (κ2) is 5.72. The lowest BCUT2D eigenvalue weighted by Gasteiger charge is -2.14. The third-order valence-corrected chi connectivity index (χ3v) is 3.44. The average Bonchev–Trinajstić information content (AvgIpc) is 2.71. The van der Waals surface area contributed by atoms with Crippen molar-refractivity contribution in [2.45, 2.75) is 33.4 Å². The zero-order valence-electron chi connectivity index (χ0n) is 11.1. The van der Waals surface area contributed by atoms with Gasteiger partial charge < -0.3 is 9.84 Å². The Balaban J connectivity index is 2.09. The van der Waals surface area contributed by atoms with E-state index < -0.39 is 0 Å². The summed E-state index contributed by atoms with van der Waals surface area (Å²) in [4.78, 5) is 0. The zero-order chi connectivity index (χ0) is 14.0. The maximum absolute atomic E-state index is 13.8. The Kier molecular flexibility index (Phi) is 4.22. The number of hydrogen-bond donors (Lipinski definition) is 1. The molecule has 102 valence electrons. The van der Waals surface area contributed by atoms with Gasteiger partial charge >= 0.3 is 0 Å². The summed E-state index contributed by atoms with van der Waals surface area (Å²) in [6.07, 6.45) is 0. The van der Waals surface area contributed by atoms with E-state index in [1.54, 1.807) is 12.1 Å². The summed E-state index contributed by atoms with van der Waals surface area (Å²) in [6, 6.07) is 5.03. The Morgan fingerprint density at radius 1 is 1.42 bits per heavy atom. The molecule has 2 aromatic rings. The van der Waals surface area contributed by atoms with E-state index in [1.165, 1.54) is 6.07 Å². The predicted octanol–water partition coefficient (Wildman–Crippen LogP) is 3.93. The van der Waals surface area contributed by atoms with Crippen molar-refractivity contribution in [2.24, 2.45) is 0 Å². The van der Waals surface area contributed by atoms with Crippen LogP contribution in [-0.2, 0) is 6.54 Å². The summed E-state index contributed by atoms with van der Waals surface area (Å²) < 4.78 is 18.9. The highest BCUT2D eigenvalue weighted by Crippen LogP contribution is 2.22. The van der Waals surface area contributed by atoms with E-state index in [9.17, 15) is 4.39 Å². The van der Waals surface area contributed by atoms with Crippen LogP contribution in [0.4, 0.5) is 4.39 Å². The van der Waals surface area contributed by atoms with Crippen molar-refractivity contribution in [1.82, 2.24) is 10.5 Å². The lowest BCUT2D eigenvalue weighted by Crippen LogP contribution is -2.19. The lowest BCUT2D eigenvalue weighted by molar-refractivity contribution is 0.390. The summed E-state index contributed by atoms with van der Waals surface area (Å²) in [5.41, 5.74) is 2.41. The van der Waals surface area contributed by atoms with Crippen LogP contribution in [0.25, 0.3) is 0 Å². The quantitative estimate of drug-likeness (QED) is 0.923. The molecular formula is C14H16ClFN2O. The second-order valence-electron chi connectivity index (χ2n) is 4.55. The lowest BCUT2D eigenvalue weighted by atomic mass is 10.1. The van der Waals surface area contributed by atoms with E-state index in [1.807, 2.05) is 20.8 Å². The van der Waals surface area contributed by atoms with Crippen LogP contribution in [0.5, 0.6) is 0 Å². The molecule has 1 unspecified atom stereocenters. The van der Waals surface area contributed by atoms with Crippen LogP contribution in [0.3, 0.4) is 0 Å². The van der Waals surface area contributed by atoms with Gasteiger partial charge in [0.1, 0.15) is 11.6 Å². The van der Waals surface area contributed by atoms with Gasteiger partial charge in [-0.15, -0.1) is 0 Å². The van der Waals surface area contributed by atoms with Gasteiger partial charge in [-0.2, -0.15) is 0 Å². The van der Waals surface area contributed by atoms with E-state index in [0.717, 1.165) is 17.0 Å². The number of aromatic nitrogens is 1. The van der Waals surface area contributed by atoms with Crippen LogP contribution in [0, 0.1) is 19.7 Å². The molecule has 0 spiro atoms. The summed E-state index contributed by atoms with van der Waals surface area (Å²) in [5, 5.41) is 7.31. The minimum absolute atomic E-state index is 0.0321. The number of nitrogens with zero attached hydrogens (tertiary/aromatic N) is 1. The molecule has 0 saturated heterocycles. The standard InChI is InChI=1S/C14H16ClFN2O/c1-8(13-9(2)18-19-10(13)3)17-7-11-5-4-6-12(15)14(11)16/h4-6,8,17H,7H2,1-3H3. The van der Waals surface area contributed by atoms with Gasteiger partial charge in [0.25, 0.3) is 0 Å². The smallest absolute Gasteiger partial charge is 0.146 e. The van der Waals surface area contributed by atoms with Gasteiger partial charge in [-0.05, 0) is 26.8 Å². The molecule has 0 bridgehead atoms. The maximum Gasteiger partial charge on any atom is 0.146 e. The van der Waals surface area contributed by atoms with Crippen molar-refractivity contribution in [3.63, 3.8) is 0 Å². The van der Waals surface area contributed by atoms with Crippen LogP contribution in [-0.4, -0.2) is 5.16 Å².